The number of carbonyl (C=O) groups excluding carboxylic acids is 1. The molecule has 1 aromatic carbocycles. The number of hydrogen-bond acceptors (Lipinski definition) is 6. The second-order valence-electron chi connectivity index (χ2n) is 5.81. The Morgan fingerprint density at radius 2 is 2.00 bits per heavy atom. The van der Waals surface area contributed by atoms with Gasteiger partial charge in [-0.15, -0.1) is 0 Å². The number of pyridine rings is 1. The third kappa shape index (κ3) is 4.99. The van der Waals surface area contributed by atoms with Crippen LogP contribution in [0.25, 0.3) is 0 Å². The molecule has 0 saturated carbocycles. The molecule has 1 aromatic heterocycles. The van der Waals surface area contributed by atoms with Gasteiger partial charge in [0.15, 0.2) is 0 Å². The molecule has 1 aliphatic heterocycles. The fraction of sp³-hybridized carbons (Fsp3) is 0.333. The summed E-state index contributed by atoms with van der Waals surface area (Å²) in [6.45, 7) is 3.20. The van der Waals surface area contributed by atoms with Crippen LogP contribution in [0.1, 0.15) is 18.1 Å². The van der Waals surface area contributed by atoms with Crippen LogP contribution in [0.2, 0.25) is 0 Å². The number of nitrogens with one attached hydrogen (secondary N) is 4. The molecule has 25 heavy (non-hydrogen) atoms. The molecular weight excluding hydrogens is 318 g/mol. The topological polar surface area (TPSA) is 87.3 Å². The highest BCUT2D eigenvalue weighted by Crippen LogP contribution is 2.13. The number of aromatic nitrogens is 1. The molecule has 2 heterocycles. The normalized spacial score (nSPS) is 20.1. The van der Waals surface area contributed by atoms with Crippen molar-refractivity contribution in [2.45, 2.75) is 32.2 Å². The van der Waals surface area contributed by atoms with E-state index in [1.807, 2.05) is 43.3 Å². The minimum atomic E-state index is -0.329. The lowest BCUT2D eigenvalue weighted by atomic mass is 10.1. The number of nitrogens with zero attached hydrogens (tertiary/aromatic N) is 1. The van der Waals surface area contributed by atoms with E-state index in [0.717, 1.165) is 16.9 Å². The first kappa shape index (κ1) is 17.3. The number of rotatable bonds is 7. The van der Waals surface area contributed by atoms with Gasteiger partial charge in [0.1, 0.15) is 18.1 Å². The van der Waals surface area contributed by atoms with Crippen molar-refractivity contribution < 1.29 is 9.53 Å². The molecule has 2 unspecified atom stereocenters. The van der Waals surface area contributed by atoms with E-state index < -0.39 is 0 Å². The lowest BCUT2D eigenvalue weighted by molar-refractivity contribution is -0.127. The van der Waals surface area contributed by atoms with Crippen LogP contribution in [0.4, 0.5) is 0 Å². The molecule has 0 aliphatic carbocycles. The van der Waals surface area contributed by atoms with Crippen molar-refractivity contribution in [2.75, 3.05) is 6.61 Å². The maximum absolute atomic E-state index is 12.3. The van der Waals surface area contributed by atoms with Crippen LogP contribution in [0.3, 0.4) is 0 Å². The number of benzene rings is 1. The van der Waals surface area contributed by atoms with Crippen molar-refractivity contribution in [1.82, 2.24) is 26.5 Å². The molecule has 132 valence electrons. The maximum atomic E-state index is 12.3. The van der Waals surface area contributed by atoms with E-state index in [2.05, 4.69) is 26.5 Å². The van der Waals surface area contributed by atoms with Crippen molar-refractivity contribution in [3.63, 3.8) is 0 Å². The van der Waals surface area contributed by atoms with Crippen LogP contribution < -0.4 is 26.2 Å². The Morgan fingerprint density at radius 1 is 1.16 bits per heavy atom. The van der Waals surface area contributed by atoms with E-state index in [1.54, 1.807) is 12.4 Å². The monoisotopic (exact) mass is 341 g/mol. The average molecular weight is 341 g/mol. The quantitative estimate of drug-likeness (QED) is 0.593. The van der Waals surface area contributed by atoms with Crippen molar-refractivity contribution in [3.8, 4) is 5.75 Å². The third-order valence-electron chi connectivity index (χ3n) is 3.91. The predicted octanol–water partition coefficient (Wildman–Crippen LogP) is 0.689. The van der Waals surface area contributed by atoms with E-state index in [9.17, 15) is 4.79 Å². The van der Waals surface area contributed by atoms with Gasteiger partial charge in [-0.05, 0) is 42.7 Å². The lowest BCUT2D eigenvalue weighted by Gasteiger charge is -2.32. The molecule has 2 aromatic rings. The Hall–Kier alpha value is -2.48. The summed E-state index contributed by atoms with van der Waals surface area (Å²) >= 11 is 0. The Balaban J connectivity index is 1.47. The third-order valence-corrected chi connectivity index (χ3v) is 3.91. The summed E-state index contributed by atoms with van der Waals surface area (Å²) in [5, 5.41) is 6.13. The zero-order chi connectivity index (χ0) is 17.5. The molecular formula is C18H23N5O2. The standard InChI is InChI=1S/C18H23N5O2/c1-2-25-15-7-5-13(6-8-15)10-16-17(24)21-18(23-22-16)20-12-14-4-3-9-19-11-14/h3-9,11,16,18,20,22-23H,2,10,12H2,1H3,(H,21,24). The van der Waals surface area contributed by atoms with Crippen LogP contribution in [-0.4, -0.2) is 29.8 Å². The summed E-state index contributed by atoms with van der Waals surface area (Å²) in [4.78, 5) is 16.4. The molecule has 0 radical (unpaired) electrons. The first-order chi connectivity index (χ1) is 12.2. The SMILES string of the molecule is CCOc1ccc(CC2NNC(NCc3cccnc3)NC2=O)cc1. The lowest BCUT2D eigenvalue weighted by Crippen LogP contribution is -2.69. The number of carbonyl (C=O) groups is 1. The highest BCUT2D eigenvalue weighted by atomic mass is 16.5. The molecule has 1 aliphatic rings. The van der Waals surface area contributed by atoms with E-state index in [1.165, 1.54) is 0 Å². The fourth-order valence-corrected chi connectivity index (χ4v) is 2.62. The molecule has 1 saturated heterocycles. The van der Waals surface area contributed by atoms with Crippen LogP contribution in [0, 0.1) is 0 Å². The summed E-state index contributed by atoms with van der Waals surface area (Å²) in [7, 11) is 0. The van der Waals surface area contributed by atoms with Gasteiger partial charge in [-0.1, -0.05) is 18.2 Å². The van der Waals surface area contributed by atoms with Gasteiger partial charge >= 0.3 is 0 Å². The largest absolute Gasteiger partial charge is 0.494 e. The Labute approximate surface area is 147 Å². The first-order valence-electron chi connectivity index (χ1n) is 8.40. The van der Waals surface area contributed by atoms with Gasteiger partial charge in [0.05, 0.1) is 6.61 Å². The fourth-order valence-electron chi connectivity index (χ4n) is 2.62. The second-order valence-corrected chi connectivity index (χ2v) is 5.81. The van der Waals surface area contributed by atoms with E-state index in [0.29, 0.717) is 19.6 Å². The molecule has 0 spiro atoms. The summed E-state index contributed by atoms with van der Waals surface area (Å²) in [6.07, 6.45) is 3.79. The minimum absolute atomic E-state index is 0.0451. The summed E-state index contributed by atoms with van der Waals surface area (Å²) in [5.41, 5.74) is 8.28. The Morgan fingerprint density at radius 3 is 2.68 bits per heavy atom. The molecule has 0 bridgehead atoms. The maximum Gasteiger partial charge on any atom is 0.241 e. The van der Waals surface area contributed by atoms with Gasteiger partial charge in [0, 0.05) is 18.9 Å². The predicted molar refractivity (Wildman–Crippen MR) is 94.4 cm³/mol. The highest BCUT2D eigenvalue weighted by Gasteiger charge is 2.26. The molecule has 4 N–H and O–H groups in total. The highest BCUT2D eigenvalue weighted by molar-refractivity contribution is 5.82. The summed E-state index contributed by atoms with van der Waals surface area (Å²) < 4.78 is 5.43. The van der Waals surface area contributed by atoms with Crippen molar-refractivity contribution in [2.24, 2.45) is 0 Å². The van der Waals surface area contributed by atoms with E-state index in [-0.39, 0.29) is 18.2 Å². The molecule has 1 amide bonds. The Kier molecular flexibility index (Phi) is 5.95. The number of amides is 1. The van der Waals surface area contributed by atoms with E-state index >= 15 is 0 Å². The Bertz CT molecular complexity index is 678. The van der Waals surface area contributed by atoms with Gasteiger partial charge in [-0.3, -0.25) is 15.1 Å². The van der Waals surface area contributed by atoms with Crippen LogP contribution in [0.5, 0.6) is 5.75 Å². The number of ether oxygens (including phenoxy) is 1. The van der Waals surface area contributed by atoms with Crippen molar-refractivity contribution >= 4 is 5.91 Å². The number of hydrogen-bond donors (Lipinski definition) is 4. The zero-order valence-electron chi connectivity index (χ0n) is 14.2. The summed E-state index contributed by atoms with van der Waals surface area (Å²) in [6, 6.07) is 11.3. The van der Waals surface area contributed by atoms with Crippen molar-refractivity contribution in [1.29, 1.82) is 0 Å². The van der Waals surface area contributed by atoms with Gasteiger partial charge in [-0.2, -0.15) is 0 Å². The van der Waals surface area contributed by atoms with E-state index in [4.69, 9.17) is 4.74 Å². The second kappa shape index (κ2) is 8.57. The molecule has 2 atom stereocenters. The van der Waals surface area contributed by atoms with Gasteiger partial charge < -0.3 is 10.1 Å². The summed E-state index contributed by atoms with van der Waals surface area (Å²) in [5.74, 6) is 0.793. The number of hydrazine groups is 1. The molecule has 7 nitrogen and oxygen atoms in total. The first-order valence-corrected chi connectivity index (χ1v) is 8.40. The smallest absolute Gasteiger partial charge is 0.241 e. The molecule has 3 rings (SSSR count). The molecule has 7 heteroatoms. The van der Waals surface area contributed by atoms with Gasteiger partial charge in [-0.25, -0.2) is 10.9 Å². The van der Waals surface area contributed by atoms with Crippen molar-refractivity contribution in [3.05, 3.63) is 59.9 Å². The van der Waals surface area contributed by atoms with Gasteiger partial charge in [0.2, 0.25) is 5.91 Å². The van der Waals surface area contributed by atoms with Crippen LogP contribution in [-0.2, 0) is 17.8 Å². The zero-order valence-corrected chi connectivity index (χ0v) is 14.2. The molecule has 1 fully saturated rings. The van der Waals surface area contributed by atoms with Gasteiger partial charge in [0.25, 0.3) is 0 Å². The average Bonchev–Trinajstić information content (AvgIpc) is 2.65. The van der Waals surface area contributed by atoms with Crippen LogP contribution in [0.15, 0.2) is 48.8 Å². The minimum Gasteiger partial charge on any atom is -0.494 e. The van der Waals surface area contributed by atoms with Crippen LogP contribution >= 0.6 is 0 Å².